The largest absolute Gasteiger partial charge is 0.352 e. The van der Waals surface area contributed by atoms with Crippen molar-refractivity contribution in [1.82, 2.24) is 10.2 Å². The minimum atomic E-state index is -0.605. The molecule has 0 aliphatic rings. The summed E-state index contributed by atoms with van der Waals surface area (Å²) in [5, 5.41) is 3.84. The molecule has 184 valence electrons. The van der Waals surface area contributed by atoms with Crippen LogP contribution in [0.4, 0.5) is 0 Å². The molecule has 0 aliphatic heterocycles. The van der Waals surface area contributed by atoms with Crippen LogP contribution in [0.3, 0.4) is 0 Å². The summed E-state index contributed by atoms with van der Waals surface area (Å²) in [6.45, 7) is 6.01. The van der Waals surface area contributed by atoms with Crippen molar-refractivity contribution < 1.29 is 9.59 Å². The van der Waals surface area contributed by atoms with Gasteiger partial charge in [-0.3, -0.25) is 9.59 Å². The van der Waals surface area contributed by atoms with Crippen LogP contribution in [-0.4, -0.2) is 28.8 Å². The highest BCUT2D eigenvalue weighted by molar-refractivity contribution is 6.42. The zero-order valence-electron chi connectivity index (χ0n) is 20.4. The van der Waals surface area contributed by atoms with Crippen LogP contribution < -0.4 is 5.32 Å². The molecule has 3 rings (SSSR count). The maximum Gasteiger partial charge on any atom is 0.243 e. The molecule has 0 aromatic heterocycles. The molecular formula is C29H32Cl2N2O2. The first-order valence-corrected chi connectivity index (χ1v) is 12.7. The van der Waals surface area contributed by atoms with Crippen LogP contribution in [0.25, 0.3) is 0 Å². The highest BCUT2D eigenvalue weighted by atomic mass is 35.5. The molecule has 35 heavy (non-hydrogen) atoms. The average Bonchev–Trinajstić information content (AvgIpc) is 2.85. The second kappa shape index (κ2) is 12.8. The number of benzene rings is 3. The quantitative estimate of drug-likeness (QED) is 0.324. The van der Waals surface area contributed by atoms with Crippen molar-refractivity contribution in [3.8, 4) is 0 Å². The molecule has 3 aromatic carbocycles. The Morgan fingerprint density at radius 2 is 1.43 bits per heavy atom. The van der Waals surface area contributed by atoms with Gasteiger partial charge in [-0.2, -0.15) is 0 Å². The number of nitrogens with one attached hydrogen (secondary N) is 1. The first kappa shape index (κ1) is 26.8. The third kappa shape index (κ3) is 7.33. The normalized spacial score (nSPS) is 12.0. The lowest BCUT2D eigenvalue weighted by atomic mass is 9.88. The molecule has 1 atom stereocenters. The molecule has 4 nitrogen and oxygen atoms in total. The van der Waals surface area contributed by atoms with E-state index in [1.807, 2.05) is 87.5 Å². The molecule has 6 heteroatoms. The van der Waals surface area contributed by atoms with Crippen molar-refractivity contribution in [2.45, 2.75) is 58.2 Å². The minimum Gasteiger partial charge on any atom is -0.352 e. The molecule has 3 aromatic rings. The Labute approximate surface area is 218 Å². The molecule has 1 unspecified atom stereocenters. The number of carbonyl (C=O) groups is 2. The van der Waals surface area contributed by atoms with Gasteiger partial charge >= 0.3 is 0 Å². The van der Waals surface area contributed by atoms with Crippen LogP contribution in [0.1, 0.15) is 56.2 Å². The number of amides is 2. The Balaban J connectivity index is 1.97. The Hall–Kier alpha value is -2.82. The smallest absolute Gasteiger partial charge is 0.243 e. The minimum absolute atomic E-state index is 0.0279. The molecule has 0 bridgehead atoms. The first-order valence-electron chi connectivity index (χ1n) is 11.9. The van der Waals surface area contributed by atoms with Gasteiger partial charge < -0.3 is 10.2 Å². The number of hydrogen-bond acceptors (Lipinski definition) is 2. The van der Waals surface area contributed by atoms with Gasteiger partial charge in [0.05, 0.1) is 10.0 Å². The van der Waals surface area contributed by atoms with Gasteiger partial charge in [0.25, 0.3) is 0 Å². The molecule has 0 saturated carbocycles. The third-order valence-electron chi connectivity index (χ3n) is 5.94. The lowest BCUT2D eigenvalue weighted by Crippen LogP contribution is -2.50. The fourth-order valence-corrected chi connectivity index (χ4v) is 4.55. The van der Waals surface area contributed by atoms with Crippen molar-refractivity contribution in [3.05, 3.63) is 106 Å². The maximum atomic E-state index is 13.9. The fraction of sp³-hybridized carbons (Fsp3) is 0.310. The van der Waals surface area contributed by atoms with Gasteiger partial charge in [-0.25, -0.2) is 0 Å². The number of halogens is 2. The molecule has 2 amide bonds. The van der Waals surface area contributed by atoms with E-state index in [1.54, 1.807) is 17.0 Å². The van der Waals surface area contributed by atoms with Crippen LogP contribution in [-0.2, 0) is 16.1 Å². The van der Waals surface area contributed by atoms with Gasteiger partial charge in [0.2, 0.25) is 11.8 Å². The van der Waals surface area contributed by atoms with Crippen molar-refractivity contribution >= 4 is 35.0 Å². The van der Waals surface area contributed by atoms with Crippen molar-refractivity contribution in [3.63, 3.8) is 0 Å². The number of rotatable bonds is 10. The number of carbonyl (C=O) groups excluding carboxylic acids is 2. The van der Waals surface area contributed by atoms with Gasteiger partial charge in [-0.1, -0.05) is 96.9 Å². The highest BCUT2D eigenvalue weighted by Gasteiger charge is 2.31. The van der Waals surface area contributed by atoms with E-state index in [-0.39, 0.29) is 36.7 Å². The van der Waals surface area contributed by atoms with Crippen LogP contribution in [0.15, 0.2) is 78.9 Å². The molecule has 0 fully saturated rings. The Kier molecular flexibility index (Phi) is 9.76. The van der Waals surface area contributed by atoms with Crippen LogP contribution in [0.5, 0.6) is 0 Å². The highest BCUT2D eigenvalue weighted by Crippen LogP contribution is 2.30. The van der Waals surface area contributed by atoms with Gasteiger partial charge in [-0.15, -0.1) is 0 Å². The van der Waals surface area contributed by atoms with E-state index in [0.29, 0.717) is 16.5 Å². The molecule has 1 N–H and O–H groups in total. The molecule has 0 heterocycles. The standard InChI is InChI=1S/C29H32Cl2N2O2/c1-4-27(29(35)32-20(2)3)33(19-21-15-16-25(30)26(31)17-21)28(34)18-24(22-11-7-5-8-12-22)23-13-9-6-10-14-23/h5-17,20,24,27H,4,18-19H2,1-3H3,(H,32,35). The van der Waals surface area contributed by atoms with Crippen LogP contribution >= 0.6 is 23.2 Å². The van der Waals surface area contributed by atoms with Crippen molar-refractivity contribution in [2.75, 3.05) is 0 Å². The molecule has 0 saturated heterocycles. The van der Waals surface area contributed by atoms with E-state index in [0.717, 1.165) is 16.7 Å². The summed E-state index contributed by atoms with van der Waals surface area (Å²) in [7, 11) is 0. The number of hydrogen-bond donors (Lipinski definition) is 1. The van der Waals surface area contributed by atoms with E-state index >= 15 is 0 Å². The SMILES string of the molecule is CCC(C(=O)NC(C)C)N(Cc1ccc(Cl)c(Cl)c1)C(=O)CC(c1ccccc1)c1ccccc1. The Bertz CT molecular complexity index is 1080. The van der Waals surface area contributed by atoms with Gasteiger partial charge in [0.1, 0.15) is 6.04 Å². The predicted molar refractivity (Wildman–Crippen MR) is 144 cm³/mol. The van der Waals surface area contributed by atoms with E-state index in [1.165, 1.54) is 0 Å². The Morgan fingerprint density at radius 1 is 0.857 bits per heavy atom. The summed E-state index contributed by atoms with van der Waals surface area (Å²) < 4.78 is 0. The summed E-state index contributed by atoms with van der Waals surface area (Å²) in [5.41, 5.74) is 2.93. The zero-order chi connectivity index (χ0) is 25.4. The fourth-order valence-electron chi connectivity index (χ4n) is 4.23. The van der Waals surface area contributed by atoms with Crippen LogP contribution in [0, 0.1) is 0 Å². The van der Waals surface area contributed by atoms with Crippen molar-refractivity contribution in [1.29, 1.82) is 0 Å². The monoisotopic (exact) mass is 510 g/mol. The second-order valence-electron chi connectivity index (χ2n) is 8.94. The number of nitrogens with zero attached hydrogens (tertiary/aromatic N) is 1. The molecule has 0 aliphatic carbocycles. The maximum absolute atomic E-state index is 13.9. The Morgan fingerprint density at radius 3 is 1.91 bits per heavy atom. The lowest BCUT2D eigenvalue weighted by Gasteiger charge is -2.32. The summed E-state index contributed by atoms with van der Waals surface area (Å²) in [6, 6.07) is 24.7. The molecule has 0 spiro atoms. The van der Waals surface area contributed by atoms with Crippen molar-refractivity contribution in [2.24, 2.45) is 0 Å². The lowest BCUT2D eigenvalue weighted by molar-refractivity contribution is -0.141. The van der Waals surface area contributed by atoms with E-state index < -0.39 is 6.04 Å². The summed E-state index contributed by atoms with van der Waals surface area (Å²) in [4.78, 5) is 28.7. The summed E-state index contributed by atoms with van der Waals surface area (Å²) >= 11 is 12.4. The average molecular weight is 511 g/mol. The molecule has 0 radical (unpaired) electrons. The van der Waals surface area contributed by atoms with E-state index in [2.05, 4.69) is 5.32 Å². The third-order valence-corrected chi connectivity index (χ3v) is 6.68. The van der Waals surface area contributed by atoms with Gasteiger partial charge in [-0.05, 0) is 49.1 Å². The van der Waals surface area contributed by atoms with E-state index in [4.69, 9.17) is 23.2 Å². The zero-order valence-corrected chi connectivity index (χ0v) is 21.9. The van der Waals surface area contributed by atoms with Gasteiger partial charge in [0.15, 0.2) is 0 Å². The van der Waals surface area contributed by atoms with E-state index in [9.17, 15) is 9.59 Å². The van der Waals surface area contributed by atoms with Crippen LogP contribution in [0.2, 0.25) is 10.0 Å². The van der Waals surface area contributed by atoms with Gasteiger partial charge in [0, 0.05) is 24.9 Å². The molecular weight excluding hydrogens is 479 g/mol. The first-order chi connectivity index (χ1) is 16.8. The summed E-state index contributed by atoms with van der Waals surface area (Å²) in [5.74, 6) is -0.390. The topological polar surface area (TPSA) is 49.4 Å². The predicted octanol–water partition coefficient (Wildman–Crippen LogP) is 6.85. The second-order valence-corrected chi connectivity index (χ2v) is 9.75. The summed E-state index contributed by atoms with van der Waals surface area (Å²) in [6.07, 6.45) is 0.730.